The van der Waals surface area contributed by atoms with Gasteiger partial charge in [-0.05, 0) is 55.1 Å². The first-order valence-electron chi connectivity index (χ1n) is 23.7. The second-order valence-electron chi connectivity index (χ2n) is 18.6. The third-order valence-corrected chi connectivity index (χ3v) is 12.3. The molecule has 7 rings (SSSR count). The molecule has 0 atom stereocenters. The SMILES string of the molecule is C1CCOC1.CN(C)CCN(CCN(C)C)CCN(C)C.Fc1c(F)c(F)c([B-](c2c(F)c(F)c(F)c(F)c2F)(c2c(F)c(F)c(F)c(F)c2F)c2c(F)c(F)c(F)c(F)c2F)c(F)c1F.[Mg+2].[O-]C(c1ccccc1)c1ccccc1. The second kappa shape index (κ2) is 30.7. The van der Waals surface area contributed by atoms with Crippen molar-refractivity contribution in [3.63, 3.8) is 0 Å². The normalized spacial score (nSPS) is 12.4. The molecule has 1 heterocycles. The molecule has 0 amide bonds. The van der Waals surface area contributed by atoms with Gasteiger partial charge in [-0.1, -0.05) is 77.9 Å². The third kappa shape index (κ3) is 15.6. The van der Waals surface area contributed by atoms with E-state index in [1.165, 1.54) is 12.8 Å². The maximum absolute atomic E-state index is 15.4. The van der Waals surface area contributed by atoms with Crippen molar-refractivity contribution in [1.82, 2.24) is 19.6 Å². The number of halogens is 20. The Labute approximate surface area is 468 Å². The molecule has 0 unspecified atom stereocenters. The Balaban J connectivity index is 0.000000385. The Kier molecular flexibility index (Phi) is 26.5. The van der Waals surface area contributed by atoms with Crippen LogP contribution in [0.2, 0.25) is 0 Å². The summed E-state index contributed by atoms with van der Waals surface area (Å²) in [5, 5.41) is 11.9. The number of rotatable bonds is 15. The van der Waals surface area contributed by atoms with Gasteiger partial charge in [0.25, 0.3) is 0 Å². The van der Waals surface area contributed by atoms with E-state index in [1.54, 1.807) is 0 Å². The molecule has 1 saturated heterocycles. The Morgan fingerprint density at radius 3 is 0.716 bits per heavy atom. The Morgan fingerprint density at radius 2 is 0.543 bits per heavy atom. The zero-order valence-electron chi connectivity index (χ0n) is 43.9. The van der Waals surface area contributed by atoms with Crippen LogP contribution in [-0.4, -0.2) is 144 Å². The first kappa shape index (κ1) is 69.8. The predicted octanol–water partition coefficient (Wildman–Crippen LogP) is 8.37. The van der Waals surface area contributed by atoms with Gasteiger partial charge in [0.1, 0.15) is 52.7 Å². The summed E-state index contributed by atoms with van der Waals surface area (Å²) in [6, 6.07) is 18.9. The minimum absolute atomic E-state index is 0. The average molecular weight is 1190 g/mol. The minimum atomic E-state index is -7.22. The van der Waals surface area contributed by atoms with Gasteiger partial charge in [0.2, 0.25) is 0 Å². The number of hydrogen-bond donors (Lipinski definition) is 0. The molecule has 0 aliphatic carbocycles. The molecule has 0 radical (unpaired) electrons. The Hall–Kier alpha value is -5.49. The van der Waals surface area contributed by atoms with E-state index in [0.29, 0.717) is 0 Å². The van der Waals surface area contributed by atoms with Crippen LogP contribution in [0.15, 0.2) is 60.7 Å². The zero-order chi connectivity index (χ0) is 60.2. The van der Waals surface area contributed by atoms with Gasteiger partial charge in [0, 0.05) is 52.5 Å². The average Bonchev–Trinajstić information content (AvgIpc) is 4.04. The van der Waals surface area contributed by atoms with Crippen LogP contribution >= 0.6 is 0 Å². The van der Waals surface area contributed by atoms with Crippen LogP contribution in [-0.2, 0) is 4.74 Å². The molecule has 1 aliphatic rings. The van der Waals surface area contributed by atoms with E-state index in [4.69, 9.17) is 4.74 Å². The van der Waals surface area contributed by atoms with E-state index in [0.717, 1.165) is 63.6 Å². The standard InChI is InChI=1S/C24BF20.C13H11O.C12H30N4.C4H8O.Mg/c26-5-1(6(27)14(35)21(42)13(5)34)25(2-7(28)15(36)22(43)16(37)8(2)29,3-9(30)17(38)23(44)18(39)10(3)31)4-11(32)19(40)24(45)20(41)12(4)33;14-13(11-7-3-1-4-8-11)12-9-5-2-6-10-12;1-13(2)7-10-16(11-8-14(3)4)12-9-15(5)6;1-2-4-5-3-1;/h;1-10,13H;7-12H2,1-6H3;1-4H2;/q2*-1;;;+2. The van der Waals surface area contributed by atoms with Gasteiger partial charge in [-0.3, -0.25) is 4.90 Å². The molecule has 1 aliphatic heterocycles. The van der Waals surface area contributed by atoms with Crippen molar-refractivity contribution in [3.8, 4) is 0 Å². The quantitative estimate of drug-likeness (QED) is 0.0446. The van der Waals surface area contributed by atoms with Crippen LogP contribution in [0.25, 0.3) is 0 Å². The summed E-state index contributed by atoms with van der Waals surface area (Å²) in [5.41, 5.74) is -12.7. The van der Waals surface area contributed by atoms with E-state index in [2.05, 4.69) is 61.9 Å². The van der Waals surface area contributed by atoms with Gasteiger partial charge in [-0.15, -0.1) is 21.9 Å². The molecule has 81 heavy (non-hydrogen) atoms. The fourth-order valence-electron chi connectivity index (χ4n) is 8.19. The van der Waals surface area contributed by atoms with Crippen LogP contribution < -0.4 is 27.0 Å². The van der Waals surface area contributed by atoms with Crippen LogP contribution in [0.4, 0.5) is 87.8 Å². The molecule has 28 heteroatoms. The summed E-state index contributed by atoms with van der Waals surface area (Å²) in [5.74, 6) is -71.4. The monoisotopic (exact) mass is 1190 g/mol. The summed E-state index contributed by atoms with van der Waals surface area (Å²) in [7, 11) is 12.8. The first-order valence-corrected chi connectivity index (χ1v) is 23.7. The van der Waals surface area contributed by atoms with Crippen molar-refractivity contribution in [2.24, 2.45) is 0 Å². The van der Waals surface area contributed by atoms with Crippen molar-refractivity contribution >= 4 is 51.0 Å². The van der Waals surface area contributed by atoms with Crippen molar-refractivity contribution in [2.75, 3.05) is 94.8 Å². The van der Waals surface area contributed by atoms with Crippen LogP contribution in [0.5, 0.6) is 0 Å². The molecule has 0 aromatic heterocycles. The van der Waals surface area contributed by atoms with Crippen molar-refractivity contribution in [3.05, 3.63) is 188 Å². The van der Waals surface area contributed by atoms with E-state index in [-0.39, 0.29) is 23.1 Å². The second-order valence-corrected chi connectivity index (χ2v) is 18.6. The van der Waals surface area contributed by atoms with Crippen LogP contribution in [0.1, 0.15) is 30.1 Å². The first-order chi connectivity index (χ1) is 37.5. The number of hydrogen-bond acceptors (Lipinski definition) is 6. The van der Waals surface area contributed by atoms with E-state index >= 15 is 35.1 Å². The van der Waals surface area contributed by atoms with Gasteiger partial charge >= 0.3 is 23.1 Å². The summed E-state index contributed by atoms with van der Waals surface area (Å²) in [6.45, 7) is 8.90. The number of nitrogens with zero attached hydrogens (tertiary/aromatic N) is 4. The number of likely N-dealkylation sites (N-methyl/N-ethyl adjacent to an activating group) is 3. The van der Waals surface area contributed by atoms with Crippen LogP contribution in [0.3, 0.4) is 0 Å². The molecule has 438 valence electrons. The van der Waals surface area contributed by atoms with E-state index in [1.807, 2.05) is 60.7 Å². The zero-order valence-corrected chi connectivity index (χ0v) is 45.3. The van der Waals surface area contributed by atoms with Gasteiger partial charge in [-0.2, -0.15) is 0 Å². The van der Waals surface area contributed by atoms with Gasteiger partial charge in [-0.25, -0.2) is 87.8 Å². The van der Waals surface area contributed by atoms with Gasteiger partial charge < -0.3 is 24.5 Å². The maximum atomic E-state index is 15.4. The molecule has 0 bridgehead atoms. The van der Waals surface area contributed by atoms with Gasteiger partial charge in [0.15, 0.2) is 69.8 Å². The summed E-state index contributed by atoms with van der Waals surface area (Å²) in [4.78, 5) is 9.29. The largest absolute Gasteiger partial charge is 2.00 e. The summed E-state index contributed by atoms with van der Waals surface area (Å²) < 4.78 is 299. The maximum Gasteiger partial charge on any atom is 2.00 e. The third-order valence-electron chi connectivity index (χ3n) is 12.3. The molecule has 0 N–H and O–H groups in total. The van der Waals surface area contributed by atoms with E-state index < -0.39 is 150 Å². The molecule has 1 fully saturated rings. The topological polar surface area (TPSA) is 45.2 Å². The molecular weight excluding hydrogens is 1140 g/mol. The molecule has 6 nitrogen and oxygen atoms in total. The Morgan fingerprint density at radius 1 is 0.346 bits per heavy atom. The molecule has 6 aromatic carbocycles. The fourth-order valence-corrected chi connectivity index (χ4v) is 8.19. The van der Waals surface area contributed by atoms with Crippen molar-refractivity contribution in [2.45, 2.75) is 18.9 Å². The van der Waals surface area contributed by atoms with Crippen LogP contribution in [0, 0.1) is 116 Å². The van der Waals surface area contributed by atoms with E-state index in [9.17, 15) is 57.8 Å². The fraction of sp³-hybridized carbons (Fsp3) is 0.321. The predicted molar refractivity (Wildman–Crippen MR) is 262 cm³/mol. The number of ether oxygens (including phenoxy) is 1. The molecule has 6 aromatic rings. The van der Waals surface area contributed by atoms with Crippen molar-refractivity contribution in [1.29, 1.82) is 0 Å². The molecule has 0 spiro atoms. The molecular formula is C53H49BF20MgN4O2. The minimum Gasteiger partial charge on any atom is -0.845 e. The Bertz CT molecular complexity index is 2620. The molecule has 0 saturated carbocycles. The smallest absolute Gasteiger partial charge is 0.845 e. The van der Waals surface area contributed by atoms with Gasteiger partial charge in [0.05, 0.1) is 0 Å². The number of benzene rings is 6. The summed E-state index contributed by atoms with van der Waals surface area (Å²) in [6.07, 6.45) is -5.43. The summed E-state index contributed by atoms with van der Waals surface area (Å²) >= 11 is 0. The van der Waals surface area contributed by atoms with Crippen molar-refractivity contribution < 1.29 is 97.7 Å².